The van der Waals surface area contributed by atoms with Crippen LogP contribution < -0.4 is 4.74 Å². The van der Waals surface area contributed by atoms with Crippen LogP contribution in [-0.2, 0) is 13.5 Å². The number of likely N-dealkylation sites (tertiary alicyclic amines) is 1. The molecular formula is C18H25N3O. The van der Waals surface area contributed by atoms with E-state index in [1.165, 1.54) is 30.6 Å². The van der Waals surface area contributed by atoms with Crippen molar-refractivity contribution in [3.05, 3.63) is 47.8 Å². The lowest BCUT2D eigenvalue weighted by Crippen LogP contribution is -2.36. The summed E-state index contributed by atoms with van der Waals surface area (Å²) >= 11 is 0. The number of benzene rings is 1. The van der Waals surface area contributed by atoms with E-state index in [0.29, 0.717) is 5.92 Å². The molecule has 0 unspecified atom stereocenters. The monoisotopic (exact) mass is 299 g/mol. The average Bonchev–Trinajstić information content (AvgIpc) is 3.00. The average molecular weight is 299 g/mol. The molecule has 0 aliphatic carbocycles. The molecule has 0 bridgehead atoms. The third kappa shape index (κ3) is 3.50. The van der Waals surface area contributed by atoms with Gasteiger partial charge < -0.3 is 9.64 Å². The van der Waals surface area contributed by atoms with Gasteiger partial charge in [0, 0.05) is 37.9 Å². The van der Waals surface area contributed by atoms with E-state index >= 15 is 0 Å². The van der Waals surface area contributed by atoms with Crippen LogP contribution in [0.1, 0.15) is 30.0 Å². The van der Waals surface area contributed by atoms with Gasteiger partial charge in [0.25, 0.3) is 0 Å². The smallest absolute Gasteiger partial charge is 0.118 e. The molecule has 1 fully saturated rings. The van der Waals surface area contributed by atoms with E-state index in [4.69, 9.17) is 4.74 Å². The Hall–Kier alpha value is -1.81. The van der Waals surface area contributed by atoms with Gasteiger partial charge in [-0.15, -0.1) is 0 Å². The van der Waals surface area contributed by atoms with E-state index in [2.05, 4.69) is 28.2 Å². The number of nitrogens with zero attached hydrogens (tertiary/aromatic N) is 3. The molecule has 1 aliphatic heterocycles. The fourth-order valence-corrected chi connectivity index (χ4v) is 3.36. The van der Waals surface area contributed by atoms with Crippen LogP contribution in [0, 0.1) is 0 Å². The number of ether oxygens (including phenoxy) is 1. The molecule has 1 aliphatic rings. The summed E-state index contributed by atoms with van der Waals surface area (Å²) in [4.78, 5) is 2.59. The zero-order valence-electron chi connectivity index (χ0n) is 13.5. The van der Waals surface area contributed by atoms with Crippen LogP contribution >= 0.6 is 0 Å². The Morgan fingerprint density at radius 3 is 2.73 bits per heavy atom. The molecule has 2 heterocycles. The largest absolute Gasteiger partial charge is 0.497 e. The summed E-state index contributed by atoms with van der Waals surface area (Å²) in [5, 5.41) is 4.31. The van der Waals surface area contributed by atoms with Gasteiger partial charge in [0.05, 0.1) is 7.11 Å². The van der Waals surface area contributed by atoms with E-state index in [1.54, 1.807) is 7.11 Å². The Balaban J connectivity index is 1.55. The Morgan fingerprint density at radius 2 is 2.05 bits per heavy atom. The van der Waals surface area contributed by atoms with Gasteiger partial charge in [-0.1, -0.05) is 12.1 Å². The van der Waals surface area contributed by atoms with Crippen LogP contribution in [-0.4, -0.2) is 41.4 Å². The van der Waals surface area contributed by atoms with E-state index in [9.17, 15) is 0 Å². The van der Waals surface area contributed by atoms with E-state index in [-0.39, 0.29) is 0 Å². The molecule has 4 heteroatoms. The molecule has 4 nitrogen and oxygen atoms in total. The first-order valence-corrected chi connectivity index (χ1v) is 8.09. The van der Waals surface area contributed by atoms with Crippen molar-refractivity contribution in [3.63, 3.8) is 0 Å². The molecule has 118 valence electrons. The molecule has 0 amide bonds. The highest BCUT2D eigenvalue weighted by molar-refractivity contribution is 5.27. The number of rotatable bonds is 5. The Kier molecular flexibility index (Phi) is 4.78. The normalized spacial score (nSPS) is 19.3. The number of aromatic nitrogens is 2. The second kappa shape index (κ2) is 6.97. The molecule has 0 saturated carbocycles. The summed E-state index contributed by atoms with van der Waals surface area (Å²) in [5.41, 5.74) is 2.75. The molecule has 0 radical (unpaired) electrons. The third-order valence-electron chi connectivity index (χ3n) is 4.66. The second-order valence-corrected chi connectivity index (χ2v) is 6.12. The van der Waals surface area contributed by atoms with E-state index in [0.717, 1.165) is 25.3 Å². The third-order valence-corrected chi connectivity index (χ3v) is 4.66. The first-order chi connectivity index (χ1) is 10.8. The van der Waals surface area contributed by atoms with Crippen molar-refractivity contribution in [2.24, 2.45) is 7.05 Å². The fraction of sp³-hybridized carbons (Fsp3) is 0.500. The molecule has 1 atom stereocenters. The highest BCUT2D eigenvalue weighted by Gasteiger charge is 2.22. The number of methoxy groups -OCH3 is 1. The highest BCUT2D eigenvalue weighted by atomic mass is 16.5. The maximum atomic E-state index is 5.21. The van der Waals surface area contributed by atoms with Gasteiger partial charge in [-0.25, -0.2) is 0 Å². The standard InChI is InChI=1S/C18H25N3O/c1-20-18(9-11-19-20)16-4-3-12-21(14-16)13-10-15-5-7-17(22-2)8-6-15/h5-9,11,16H,3-4,10,12-14H2,1-2H3/t16-/m0/s1. The van der Waals surface area contributed by atoms with Gasteiger partial charge in [-0.2, -0.15) is 5.10 Å². The fourth-order valence-electron chi connectivity index (χ4n) is 3.36. The van der Waals surface area contributed by atoms with Crippen molar-refractivity contribution in [1.82, 2.24) is 14.7 Å². The van der Waals surface area contributed by atoms with Crippen LogP contribution in [0.3, 0.4) is 0 Å². The minimum atomic E-state index is 0.622. The number of hydrogen-bond donors (Lipinski definition) is 0. The van der Waals surface area contributed by atoms with Crippen molar-refractivity contribution < 1.29 is 4.74 Å². The Morgan fingerprint density at radius 1 is 1.23 bits per heavy atom. The van der Waals surface area contributed by atoms with Gasteiger partial charge in [0.1, 0.15) is 5.75 Å². The molecule has 22 heavy (non-hydrogen) atoms. The van der Waals surface area contributed by atoms with Crippen LogP contribution in [0.25, 0.3) is 0 Å². The first kappa shape index (κ1) is 15.1. The molecule has 2 aromatic rings. The summed E-state index contributed by atoms with van der Waals surface area (Å²) in [6.07, 6.45) is 5.56. The van der Waals surface area contributed by atoms with Crippen molar-refractivity contribution in [3.8, 4) is 5.75 Å². The van der Waals surface area contributed by atoms with Crippen LogP contribution in [0.5, 0.6) is 5.75 Å². The molecule has 1 aromatic carbocycles. The van der Waals surface area contributed by atoms with Crippen LogP contribution in [0.4, 0.5) is 0 Å². The minimum Gasteiger partial charge on any atom is -0.497 e. The predicted molar refractivity (Wildman–Crippen MR) is 88.3 cm³/mol. The van der Waals surface area contributed by atoms with Crippen LogP contribution in [0.15, 0.2) is 36.5 Å². The van der Waals surface area contributed by atoms with E-state index < -0.39 is 0 Å². The summed E-state index contributed by atoms with van der Waals surface area (Å²) in [6.45, 7) is 3.49. The first-order valence-electron chi connectivity index (χ1n) is 8.09. The molecule has 0 N–H and O–H groups in total. The zero-order chi connectivity index (χ0) is 15.4. The zero-order valence-corrected chi connectivity index (χ0v) is 13.5. The number of hydrogen-bond acceptors (Lipinski definition) is 3. The van der Waals surface area contributed by atoms with Gasteiger partial charge in [0.2, 0.25) is 0 Å². The molecule has 1 saturated heterocycles. The molecule has 1 aromatic heterocycles. The van der Waals surface area contributed by atoms with Crippen molar-refractivity contribution >= 4 is 0 Å². The number of piperidine rings is 1. The molecular weight excluding hydrogens is 274 g/mol. The number of aryl methyl sites for hydroxylation is 1. The quantitative estimate of drug-likeness (QED) is 0.850. The predicted octanol–water partition coefficient (Wildman–Crippen LogP) is 2.85. The highest BCUT2D eigenvalue weighted by Crippen LogP contribution is 2.26. The van der Waals surface area contributed by atoms with Crippen molar-refractivity contribution in [2.45, 2.75) is 25.2 Å². The second-order valence-electron chi connectivity index (χ2n) is 6.12. The lowest BCUT2D eigenvalue weighted by Gasteiger charge is -2.32. The Bertz CT molecular complexity index is 591. The van der Waals surface area contributed by atoms with Crippen molar-refractivity contribution in [1.29, 1.82) is 0 Å². The van der Waals surface area contributed by atoms with Gasteiger partial charge in [-0.3, -0.25) is 4.68 Å². The maximum absolute atomic E-state index is 5.21. The topological polar surface area (TPSA) is 30.3 Å². The van der Waals surface area contributed by atoms with Crippen molar-refractivity contribution in [2.75, 3.05) is 26.7 Å². The lowest BCUT2D eigenvalue weighted by molar-refractivity contribution is 0.206. The summed E-state index contributed by atoms with van der Waals surface area (Å²) in [5.74, 6) is 1.55. The van der Waals surface area contributed by atoms with Gasteiger partial charge in [-0.05, 0) is 49.6 Å². The van der Waals surface area contributed by atoms with Crippen LogP contribution in [0.2, 0.25) is 0 Å². The summed E-state index contributed by atoms with van der Waals surface area (Å²) in [6, 6.07) is 10.6. The minimum absolute atomic E-state index is 0.622. The molecule has 0 spiro atoms. The van der Waals surface area contributed by atoms with Gasteiger partial charge in [0.15, 0.2) is 0 Å². The van der Waals surface area contributed by atoms with Gasteiger partial charge >= 0.3 is 0 Å². The summed E-state index contributed by atoms with van der Waals surface area (Å²) < 4.78 is 7.24. The van der Waals surface area contributed by atoms with E-state index in [1.807, 2.05) is 30.1 Å². The summed E-state index contributed by atoms with van der Waals surface area (Å²) in [7, 11) is 3.76. The lowest BCUT2D eigenvalue weighted by atomic mass is 9.94. The SMILES string of the molecule is COc1ccc(CCN2CCC[C@H](c3ccnn3C)C2)cc1. The molecule has 3 rings (SSSR count). The maximum Gasteiger partial charge on any atom is 0.118 e. The Labute approximate surface area is 132 Å².